The fourth-order valence-corrected chi connectivity index (χ4v) is 2.53. The number of carbonyl (C=O) groups is 1. The van der Waals surface area contributed by atoms with Gasteiger partial charge in [-0.05, 0) is 18.2 Å². The summed E-state index contributed by atoms with van der Waals surface area (Å²) in [6.45, 7) is 0. The number of nitrogens with one attached hydrogen (secondary N) is 1. The molecule has 0 aliphatic carbocycles. The summed E-state index contributed by atoms with van der Waals surface area (Å²) in [4.78, 5) is 11.2. The highest BCUT2D eigenvalue weighted by Gasteiger charge is 2.15. The van der Waals surface area contributed by atoms with E-state index in [1.165, 1.54) is 12.1 Å². The minimum atomic E-state index is -3.40. The lowest BCUT2D eigenvalue weighted by molar-refractivity contribution is -0.113. The molecular formula is C9H9BrClNO3S. The van der Waals surface area contributed by atoms with Gasteiger partial charge in [-0.1, -0.05) is 15.9 Å². The SMILES string of the molecule is CS(=O)(=O)c1cc(Br)ccc1NC(=O)CCl. The van der Waals surface area contributed by atoms with E-state index in [1.54, 1.807) is 6.07 Å². The monoisotopic (exact) mass is 325 g/mol. The zero-order chi connectivity index (χ0) is 12.3. The lowest BCUT2D eigenvalue weighted by atomic mass is 10.3. The Morgan fingerprint density at radius 3 is 2.62 bits per heavy atom. The number of hydrogen-bond acceptors (Lipinski definition) is 3. The van der Waals surface area contributed by atoms with Gasteiger partial charge >= 0.3 is 0 Å². The molecule has 0 unspecified atom stereocenters. The molecule has 0 heterocycles. The number of amides is 1. The molecule has 1 aromatic rings. The largest absolute Gasteiger partial charge is 0.324 e. The van der Waals surface area contributed by atoms with Crippen LogP contribution in [0.2, 0.25) is 0 Å². The van der Waals surface area contributed by atoms with Crippen molar-refractivity contribution in [3.8, 4) is 0 Å². The first-order valence-electron chi connectivity index (χ1n) is 4.20. The number of halogens is 2. The van der Waals surface area contributed by atoms with Crippen molar-refractivity contribution in [2.24, 2.45) is 0 Å². The second-order valence-electron chi connectivity index (χ2n) is 3.09. The standard InChI is InChI=1S/C9H9BrClNO3S/c1-16(14,15)8-4-6(10)2-3-7(8)12-9(13)5-11/h2-4H,5H2,1H3,(H,12,13). The van der Waals surface area contributed by atoms with Crippen molar-refractivity contribution in [2.75, 3.05) is 17.5 Å². The minimum absolute atomic E-state index is 0.0559. The topological polar surface area (TPSA) is 63.2 Å². The molecule has 0 saturated heterocycles. The van der Waals surface area contributed by atoms with Crippen molar-refractivity contribution in [1.82, 2.24) is 0 Å². The molecule has 88 valence electrons. The summed E-state index contributed by atoms with van der Waals surface area (Å²) in [7, 11) is -3.40. The van der Waals surface area contributed by atoms with Gasteiger partial charge in [-0.2, -0.15) is 0 Å². The molecule has 0 atom stereocenters. The van der Waals surface area contributed by atoms with Gasteiger partial charge in [0.2, 0.25) is 5.91 Å². The van der Waals surface area contributed by atoms with E-state index in [0.29, 0.717) is 4.47 Å². The maximum absolute atomic E-state index is 11.5. The molecule has 0 saturated carbocycles. The Bertz CT molecular complexity index is 515. The first-order valence-corrected chi connectivity index (χ1v) is 7.42. The normalized spacial score (nSPS) is 11.2. The number of hydrogen-bond donors (Lipinski definition) is 1. The number of alkyl halides is 1. The fraction of sp³-hybridized carbons (Fsp3) is 0.222. The van der Waals surface area contributed by atoms with Gasteiger partial charge in [0.15, 0.2) is 9.84 Å². The van der Waals surface area contributed by atoms with Crippen LogP contribution in [-0.4, -0.2) is 26.5 Å². The molecule has 0 fully saturated rings. The molecule has 0 radical (unpaired) electrons. The molecule has 1 aromatic carbocycles. The van der Waals surface area contributed by atoms with Gasteiger partial charge in [0, 0.05) is 10.7 Å². The second-order valence-corrected chi connectivity index (χ2v) is 6.26. The molecular weight excluding hydrogens is 318 g/mol. The quantitative estimate of drug-likeness (QED) is 0.865. The van der Waals surface area contributed by atoms with E-state index in [4.69, 9.17) is 11.6 Å². The van der Waals surface area contributed by atoms with Crippen LogP contribution in [0.4, 0.5) is 5.69 Å². The fourth-order valence-electron chi connectivity index (χ4n) is 1.09. The van der Waals surface area contributed by atoms with E-state index >= 15 is 0 Å². The van der Waals surface area contributed by atoms with Gasteiger partial charge in [-0.3, -0.25) is 4.79 Å². The van der Waals surface area contributed by atoms with Crippen LogP contribution in [0, 0.1) is 0 Å². The van der Waals surface area contributed by atoms with Crippen molar-refractivity contribution >= 4 is 49.0 Å². The summed E-state index contributed by atoms with van der Waals surface area (Å²) >= 11 is 8.50. The van der Waals surface area contributed by atoms with Crippen molar-refractivity contribution in [2.45, 2.75) is 4.90 Å². The van der Waals surface area contributed by atoms with Gasteiger partial charge in [-0.15, -0.1) is 11.6 Å². The second kappa shape index (κ2) is 5.16. The third-order valence-corrected chi connectivity index (χ3v) is 3.61. The first kappa shape index (κ1) is 13.5. The molecule has 1 N–H and O–H groups in total. The molecule has 1 amide bonds. The van der Waals surface area contributed by atoms with Crippen LogP contribution < -0.4 is 5.32 Å². The van der Waals surface area contributed by atoms with E-state index in [2.05, 4.69) is 21.2 Å². The predicted molar refractivity (Wildman–Crippen MR) is 66.6 cm³/mol. The summed E-state index contributed by atoms with van der Waals surface area (Å²) in [5.41, 5.74) is 0.233. The van der Waals surface area contributed by atoms with E-state index < -0.39 is 15.7 Å². The summed E-state index contributed by atoms with van der Waals surface area (Å²) in [6.07, 6.45) is 1.07. The Labute approximate surface area is 107 Å². The first-order chi connectivity index (χ1) is 7.34. The summed E-state index contributed by atoms with van der Waals surface area (Å²) < 4.78 is 23.6. The number of carbonyl (C=O) groups excluding carboxylic acids is 1. The third kappa shape index (κ3) is 3.47. The Morgan fingerprint density at radius 1 is 1.50 bits per heavy atom. The van der Waals surface area contributed by atoms with Gasteiger partial charge in [-0.25, -0.2) is 8.42 Å². The van der Waals surface area contributed by atoms with Crippen LogP contribution in [-0.2, 0) is 14.6 Å². The molecule has 0 spiro atoms. The van der Waals surface area contributed by atoms with Crippen molar-refractivity contribution in [3.05, 3.63) is 22.7 Å². The average molecular weight is 327 g/mol. The highest BCUT2D eigenvalue weighted by molar-refractivity contribution is 9.10. The van der Waals surface area contributed by atoms with Crippen LogP contribution in [0.1, 0.15) is 0 Å². The zero-order valence-corrected chi connectivity index (χ0v) is 11.5. The molecule has 7 heteroatoms. The van der Waals surface area contributed by atoms with Crippen molar-refractivity contribution in [1.29, 1.82) is 0 Å². The van der Waals surface area contributed by atoms with Crippen LogP contribution in [0.25, 0.3) is 0 Å². The van der Waals surface area contributed by atoms with Crippen LogP contribution in [0.5, 0.6) is 0 Å². The Hall–Kier alpha value is -0.590. The van der Waals surface area contributed by atoms with Gasteiger partial charge in [0.05, 0.1) is 10.6 Å². The van der Waals surface area contributed by atoms with Crippen LogP contribution in [0.15, 0.2) is 27.6 Å². The van der Waals surface area contributed by atoms with Crippen LogP contribution in [0.3, 0.4) is 0 Å². The Kier molecular flexibility index (Phi) is 4.35. The lowest BCUT2D eigenvalue weighted by Gasteiger charge is -2.09. The molecule has 0 aromatic heterocycles. The Morgan fingerprint density at radius 2 is 2.12 bits per heavy atom. The Balaban J connectivity index is 3.24. The maximum atomic E-state index is 11.5. The minimum Gasteiger partial charge on any atom is -0.324 e. The average Bonchev–Trinajstić information content (AvgIpc) is 2.19. The number of anilines is 1. The van der Waals surface area contributed by atoms with Gasteiger partial charge in [0.25, 0.3) is 0 Å². The highest BCUT2D eigenvalue weighted by Crippen LogP contribution is 2.25. The van der Waals surface area contributed by atoms with Gasteiger partial charge in [0.1, 0.15) is 5.88 Å². The predicted octanol–water partition coefficient (Wildman–Crippen LogP) is 2.03. The van der Waals surface area contributed by atoms with E-state index in [-0.39, 0.29) is 16.5 Å². The van der Waals surface area contributed by atoms with Gasteiger partial charge < -0.3 is 5.32 Å². The maximum Gasteiger partial charge on any atom is 0.239 e. The molecule has 0 bridgehead atoms. The summed E-state index contributed by atoms with van der Waals surface area (Å²) in [5.74, 6) is -0.673. The van der Waals surface area contributed by atoms with Crippen molar-refractivity contribution in [3.63, 3.8) is 0 Å². The number of rotatable bonds is 3. The van der Waals surface area contributed by atoms with Crippen LogP contribution >= 0.6 is 27.5 Å². The molecule has 1 rings (SSSR count). The number of sulfone groups is 1. The number of benzene rings is 1. The smallest absolute Gasteiger partial charge is 0.239 e. The summed E-state index contributed by atoms with van der Waals surface area (Å²) in [5, 5.41) is 2.42. The zero-order valence-electron chi connectivity index (χ0n) is 8.33. The van der Waals surface area contributed by atoms with E-state index in [9.17, 15) is 13.2 Å². The third-order valence-electron chi connectivity index (χ3n) is 1.74. The summed E-state index contributed by atoms with van der Waals surface area (Å²) in [6, 6.07) is 4.57. The van der Waals surface area contributed by atoms with E-state index in [0.717, 1.165) is 6.26 Å². The molecule has 0 aliphatic heterocycles. The van der Waals surface area contributed by atoms with E-state index in [1.807, 2.05) is 0 Å². The lowest BCUT2D eigenvalue weighted by Crippen LogP contribution is -2.15. The molecule has 4 nitrogen and oxygen atoms in total. The van der Waals surface area contributed by atoms with Crippen molar-refractivity contribution < 1.29 is 13.2 Å². The molecule has 16 heavy (non-hydrogen) atoms. The highest BCUT2D eigenvalue weighted by atomic mass is 79.9. The molecule has 0 aliphatic rings.